The van der Waals surface area contributed by atoms with Gasteiger partial charge in [-0.2, -0.15) is 5.26 Å². The molecule has 3 rings (SSSR count). The van der Waals surface area contributed by atoms with E-state index in [1.54, 1.807) is 6.92 Å². The van der Waals surface area contributed by atoms with Gasteiger partial charge in [-0.1, -0.05) is 19.3 Å². The number of nitrogens with zero attached hydrogens (tertiary/aromatic N) is 2. The monoisotopic (exact) mass is 357 g/mol. The highest BCUT2D eigenvalue weighted by atomic mass is 16.5. The molecule has 140 valence electrons. The number of hydrogen-bond acceptors (Lipinski definition) is 4. The van der Waals surface area contributed by atoms with E-state index >= 15 is 0 Å². The molecule has 0 saturated heterocycles. The molecule has 0 aromatic carbocycles. The third-order valence-corrected chi connectivity index (χ3v) is 5.55. The molecule has 2 fully saturated rings. The van der Waals surface area contributed by atoms with Crippen LogP contribution in [0.15, 0.2) is 6.07 Å². The largest absolute Gasteiger partial charge is 0.449 e. The molecule has 2 saturated carbocycles. The zero-order valence-electron chi connectivity index (χ0n) is 15.8. The average Bonchev–Trinajstić information content (AvgIpc) is 3.40. The standard InChI is InChI=1S/C20H27N3O3/c1-13-11-17(14(2)23(13)16-7-8-16)19(25)26-15(3)18(24)22-20(12-21)9-5-4-6-10-20/h11,15-16H,4-10H2,1-3H3,(H,22,24)/t15-/m0/s1. The summed E-state index contributed by atoms with van der Waals surface area (Å²) in [7, 11) is 0. The van der Waals surface area contributed by atoms with E-state index in [0.717, 1.165) is 43.5 Å². The lowest BCUT2D eigenvalue weighted by molar-refractivity contribution is -0.130. The molecule has 1 amide bonds. The Morgan fingerprint density at radius 3 is 2.54 bits per heavy atom. The van der Waals surface area contributed by atoms with Gasteiger partial charge in [0.1, 0.15) is 5.54 Å². The third kappa shape index (κ3) is 3.62. The Morgan fingerprint density at radius 2 is 1.96 bits per heavy atom. The molecule has 0 radical (unpaired) electrons. The van der Waals surface area contributed by atoms with Crippen LogP contribution >= 0.6 is 0 Å². The van der Waals surface area contributed by atoms with Crippen molar-refractivity contribution in [1.29, 1.82) is 5.26 Å². The molecule has 6 heteroatoms. The maximum atomic E-state index is 12.5. The minimum Gasteiger partial charge on any atom is -0.449 e. The molecular weight excluding hydrogens is 330 g/mol. The van der Waals surface area contributed by atoms with Gasteiger partial charge in [0.2, 0.25) is 0 Å². The predicted molar refractivity (Wildman–Crippen MR) is 96.6 cm³/mol. The minimum absolute atomic E-state index is 0.405. The van der Waals surface area contributed by atoms with Crippen LogP contribution in [0.1, 0.15) is 79.7 Å². The van der Waals surface area contributed by atoms with Crippen molar-refractivity contribution < 1.29 is 14.3 Å². The van der Waals surface area contributed by atoms with Crippen molar-refractivity contribution >= 4 is 11.9 Å². The molecule has 0 spiro atoms. The lowest BCUT2D eigenvalue weighted by Crippen LogP contribution is -2.52. The maximum absolute atomic E-state index is 12.5. The first-order chi connectivity index (χ1) is 12.4. The highest BCUT2D eigenvalue weighted by molar-refractivity contribution is 5.93. The molecule has 0 bridgehead atoms. The fourth-order valence-corrected chi connectivity index (χ4v) is 3.91. The van der Waals surface area contributed by atoms with E-state index < -0.39 is 23.5 Å². The summed E-state index contributed by atoms with van der Waals surface area (Å²) in [5.74, 6) is -0.889. The van der Waals surface area contributed by atoms with Crippen molar-refractivity contribution in [2.75, 3.05) is 0 Å². The third-order valence-electron chi connectivity index (χ3n) is 5.55. The van der Waals surface area contributed by atoms with Gasteiger partial charge in [0.05, 0.1) is 11.6 Å². The molecule has 26 heavy (non-hydrogen) atoms. The van der Waals surface area contributed by atoms with E-state index in [2.05, 4.69) is 16.0 Å². The smallest absolute Gasteiger partial charge is 0.340 e. The SMILES string of the molecule is Cc1cc(C(=O)O[C@@H](C)C(=O)NC2(C#N)CCCCC2)c(C)n1C1CC1. The Morgan fingerprint density at radius 1 is 1.31 bits per heavy atom. The van der Waals surface area contributed by atoms with Gasteiger partial charge in [-0.05, 0) is 52.5 Å². The summed E-state index contributed by atoms with van der Waals surface area (Å²) >= 11 is 0. The predicted octanol–water partition coefficient (Wildman–Crippen LogP) is 3.33. The topological polar surface area (TPSA) is 84.1 Å². The average molecular weight is 357 g/mol. The fourth-order valence-electron chi connectivity index (χ4n) is 3.91. The molecule has 1 aromatic rings. The first kappa shape index (κ1) is 18.5. The summed E-state index contributed by atoms with van der Waals surface area (Å²) in [6, 6.07) is 4.57. The van der Waals surface area contributed by atoms with Crippen LogP contribution in [-0.4, -0.2) is 28.1 Å². The summed E-state index contributed by atoms with van der Waals surface area (Å²) in [6.07, 6.45) is 5.58. The Hall–Kier alpha value is -2.29. The Kier molecular flexibility index (Phi) is 5.08. The van der Waals surface area contributed by atoms with Crippen LogP contribution in [0.5, 0.6) is 0 Å². The maximum Gasteiger partial charge on any atom is 0.340 e. The summed E-state index contributed by atoms with van der Waals surface area (Å²) in [4.78, 5) is 25.0. The molecule has 1 N–H and O–H groups in total. The van der Waals surface area contributed by atoms with Crippen molar-refractivity contribution in [3.8, 4) is 6.07 Å². The van der Waals surface area contributed by atoms with Crippen LogP contribution in [0.4, 0.5) is 0 Å². The van der Waals surface area contributed by atoms with E-state index in [-0.39, 0.29) is 0 Å². The minimum atomic E-state index is -0.932. The van der Waals surface area contributed by atoms with Crippen LogP contribution in [0.2, 0.25) is 0 Å². The van der Waals surface area contributed by atoms with Gasteiger partial charge in [0.25, 0.3) is 5.91 Å². The number of amides is 1. The van der Waals surface area contributed by atoms with E-state index in [9.17, 15) is 14.9 Å². The zero-order chi connectivity index (χ0) is 18.9. The molecule has 0 aliphatic heterocycles. The highest BCUT2D eigenvalue weighted by Crippen LogP contribution is 2.38. The summed E-state index contributed by atoms with van der Waals surface area (Å²) < 4.78 is 7.58. The van der Waals surface area contributed by atoms with Gasteiger partial charge < -0.3 is 14.6 Å². The number of aryl methyl sites for hydroxylation is 1. The zero-order valence-corrected chi connectivity index (χ0v) is 15.8. The summed E-state index contributed by atoms with van der Waals surface area (Å²) in [6.45, 7) is 5.46. The first-order valence-electron chi connectivity index (χ1n) is 9.49. The number of carbonyl (C=O) groups is 2. The summed E-state index contributed by atoms with van der Waals surface area (Å²) in [5, 5.41) is 12.3. The van der Waals surface area contributed by atoms with Gasteiger partial charge in [0.15, 0.2) is 6.10 Å². The van der Waals surface area contributed by atoms with Gasteiger partial charge >= 0.3 is 5.97 Å². The number of carbonyl (C=O) groups excluding carboxylic acids is 2. The highest BCUT2D eigenvalue weighted by Gasteiger charge is 2.36. The Labute approximate surface area is 154 Å². The Balaban J connectivity index is 1.65. The number of nitriles is 1. The number of esters is 1. The van der Waals surface area contributed by atoms with E-state index in [1.165, 1.54) is 0 Å². The lowest BCUT2D eigenvalue weighted by Gasteiger charge is -2.32. The lowest BCUT2D eigenvalue weighted by atomic mass is 9.83. The Bertz CT molecular complexity index is 749. The quantitative estimate of drug-likeness (QED) is 0.819. The molecule has 1 atom stereocenters. The second-order valence-electron chi connectivity index (χ2n) is 7.68. The van der Waals surface area contributed by atoms with Gasteiger partial charge in [-0.15, -0.1) is 0 Å². The molecule has 2 aliphatic rings. The fraction of sp³-hybridized carbons (Fsp3) is 0.650. The number of hydrogen-bond donors (Lipinski definition) is 1. The van der Waals surface area contributed by atoms with Crippen molar-refractivity contribution in [2.45, 2.75) is 83.4 Å². The van der Waals surface area contributed by atoms with Crippen LogP contribution in [0.3, 0.4) is 0 Å². The summed E-state index contributed by atoms with van der Waals surface area (Å²) in [5.41, 5.74) is 1.63. The van der Waals surface area contributed by atoms with E-state index in [0.29, 0.717) is 24.4 Å². The van der Waals surface area contributed by atoms with Crippen LogP contribution in [-0.2, 0) is 9.53 Å². The van der Waals surface area contributed by atoms with Crippen molar-refractivity contribution in [1.82, 2.24) is 9.88 Å². The molecule has 0 unspecified atom stereocenters. The number of aromatic nitrogens is 1. The molecule has 1 heterocycles. The van der Waals surface area contributed by atoms with Crippen LogP contribution < -0.4 is 5.32 Å². The van der Waals surface area contributed by atoms with E-state index in [4.69, 9.17) is 4.74 Å². The van der Waals surface area contributed by atoms with Gasteiger partial charge in [-0.25, -0.2) is 4.79 Å². The second kappa shape index (κ2) is 7.14. The van der Waals surface area contributed by atoms with Crippen molar-refractivity contribution in [2.24, 2.45) is 0 Å². The molecule has 2 aliphatic carbocycles. The first-order valence-corrected chi connectivity index (χ1v) is 9.49. The molecule has 6 nitrogen and oxygen atoms in total. The van der Waals surface area contributed by atoms with Crippen molar-refractivity contribution in [3.63, 3.8) is 0 Å². The number of rotatable bonds is 5. The van der Waals surface area contributed by atoms with Crippen LogP contribution in [0, 0.1) is 25.2 Å². The second-order valence-corrected chi connectivity index (χ2v) is 7.68. The van der Waals surface area contributed by atoms with Gasteiger partial charge in [0, 0.05) is 17.4 Å². The molecular formula is C20H27N3O3. The number of ether oxygens (including phenoxy) is 1. The van der Waals surface area contributed by atoms with Crippen molar-refractivity contribution in [3.05, 3.63) is 23.0 Å². The normalized spacial score (nSPS) is 20.1. The molecule has 1 aromatic heterocycles. The van der Waals surface area contributed by atoms with Gasteiger partial charge in [-0.3, -0.25) is 4.79 Å². The number of nitrogens with one attached hydrogen (secondary N) is 1. The van der Waals surface area contributed by atoms with E-state index in [1.807, 2.05) is 19.9 Å². The van der Waals surface area contributed by atoms with Crippen LogP contribution in [0.25, 0.3) is 0 Å².